The molecule has 3 N–H and O–H groups in total. The average Bonchev–Trinajstić information content (AvgIpc) is 3.37. The fraction of sp³-hybridized carbons (Fsp3) is 0.217. The molecule has 10 heteroatoms. The van der Waals surface area contributed by atoms with Crippen molar-refractivity contribution < 1.29 is 22.4 Å². The molecule has 1 aliphatic rings. The number of carbonyl (C=O) groups is 1. The molecule has 33 heavy (non-hydrogen) atoms. The molecule has 0 unspecified atom stereocenters. The lowest BCUT2D eigenvalue weighted by molar-refractivity contribution is -0.129. The summed E-state index contributed by atoms with van der Waals surface area (Å²) in [6, 6.07) is 12.9. The van der Waals surface area contributed by atoms with E-state index in [9.17, 15) is 13.2 Å². The molecule has 0 saturated carbocycles. The molecular weight excluding hydrogens is 444 g/mol. The summed E-state index contributed by atoms with van der Waals surface area (Å²) >= 11 is 0. The second-order valence-corrected chi connectivity index (χ2v) is 9.63. The number of likely N-dealkylation sites (tertiary alicyclic amines) is 1. The number of benzene rings is 2. The zero-order chi connectivity index (χ0) is 23.2. The number of nitrogens with two attached hydrogens (primary N) is 1. The van der Waals surface area contributed by atoms with Crippen molar-refractivity contribution in [1.29, 1.82) is 0 Å². The maximum atomic E-state index is 13.0. The number of anilines is 1. The van der Waals surface area contributed by atoms with Crippen LogP contribution in [0.3, 0.4) is 0 Å². The summed E-state index contributed by atoms with van der Waals surface area (Å²) in [5, 5.41) is 2.30. The number of ether oxygens (including phenoxy) is 1. The third kappa shape index (κ3) is 3.98. The number of nitrogens with zero attached hydrogens (tertiary/aromatic N) is 2. The van der Waals surface area contributed by atoms with Gasteiger partial charge in [-0.3, -0.25) is 4.79 Å². The number of carbonyl (C=O) groups excluding carboxylic acids is 1. The van der Waals surface area contributed by atoms with Gasteiger partial charge >= 0.3 is 0 Å². The highest BCUT2D eigenvalue weighted by Crippen LogP contribution is 2.27. The van der Waals surface area contributed by atoms with E-state index in [0.717, 1.165) is 10.8 Å². The maximum absolute atomic E-state index is 13.0. The first-order valence-corrected chi connectivity index (χ1v) is 11.8. The van der Waals surface area contributed by atoms with Gasteiger partial charge in [0.2, 0.25) is 15.9 Å². The second-order valence-electron chi connectivity index (χ2n) is 7.92. The molecule has 1 saturated heterocycles. The third-order valence-electron chi connectivity index (χ3n) is 5.80. The standard InChI is InChI=1S/C23H22N4O5S/c1-31-16-4-2-14-3-5-18(11-15(14)10-16)33(29,30)26-20-7-9-27(23(20)28)13-17-12-19-21(32-17)6-8-25-22(19)24/h2-6,8,10-12,20,26H,7,9,13H2,1H3,(H2,24,25)/t20-/m0/s1. The highest BCUT2D eigenvalue weighted by molar-refractivity contribution is 7.89. The topological polar surface area (TPSA) is 128 Å². The summed E-state index contributed by atoms with van der Waals surface area (Å²) in [4.78, 5) is 18.6. The molecule has 1 amide bonds. The number of nitrogen functional groups attached to an aromatic ring is 1. The van der Waals surface area contributed by atoms with Gasteiger partial charge in [0, 0.05) is 12.7 Å². The van der Waals surface area contributed by atoms with Gasteiger partial charge in [-0.25, -0.2) is 13.4 Å². The molecule has 2 aromatic heterocycles. The predicted molar refractivity (Wildman–Crippen MR) is 123 cm³/mol. The minimum Gasteiger partial charge on any atom is -0.497 e. The number of fused-ring (bicyclic) bond motifs is 2. The van der Waals surface area contributed by atoms with Crippen LogP contribution in [0.15, 0.2) is 64.0 Å². The second kappa shape index (κ2) is 8.05. The monoisotopic (exact) mass is 466 g/mol. The highest BCUT2D eigenvalue weighted by Gasteiger charge is 2.35. The van der Waals surface area contributed by atoms with Gasteiger partial charge in [0.05, 0.1) is 23.9 Å². The number of nitrogens with one attached hydrogen (secondary N) is 1. The SMILES string of the molecule is COc1ccc2ccc(S(=O)(=O)N[C@H]3CCN(Cc4cc5c(N)nccc5o4)C3=O)cc2c1. The van der Waals surface area contributed by atoms with Crippen LogP contribution in [0.4, 0.5) is 5.82 Å². The van der Waals surface area contributed by atoms with Crippen LogP contribution in [-0.2, 0) is 21.4 Å². The Bertz CT molecular complexity index is 1480. The molecular formula is C23H22N4O5S. The zero-order valence-corrected chi connectivity index (χ0v) is 18.6. The molecule has 3 heterocycles. The first-order chi connectivity index (χ1) is 15.8. The van der Waals surface area contributed by atoms with Gasteiger partial charge in [-0.2, -0.15) is 4.72 Å². The van der Waals surface area contributed by atoms with Gasteiger partial charge in [-0.15, -0.1) is 0 Å². The van der Waals surface area contributed by atoms with E-state index in [4.69, 9.17) is 14.9 Å². The number of aromatic nitrogens is 1. The Morgan fingerprint density at radius 2 is 2.00 bits per heavy atom. The molecule has 1 atom stereocenters. The van der Waals surface area contributed by atoms with Crippen LogP contribution in [0.25, 0.3) is 21.7 Å². The Kier molecular flexibility index (Phi) is 5.18. The van der Waals surface area contributed by atoms with Gasteiger partial charge in [-0.1, -0.05) is 12.1 Å². The van der Waals surface area contributed by atoms with Crippen LogP contribution in [0.2, 0.25) is 0 Å². The van der Waals surface area contributed by atoms with Gasteiger partial charge in [0.1, 0.15) is 29.0 Å². The largest absolute Gasteiger partial charge is 0.497 e. The normalized spacial score (nSPS) is 16.7. The fourth-order valence-corrected chi connectivity index (χ4v) is 5.32. The molecule has 2 aromatic carbocycles. The lowest BCUT2D eigenvalue weighted by Crippen LogP contribution is -2.41. The number of pyridine rings is 1. The average molecular weight is 467 g/mol. The van der Waals surface area contributed by atoms with Crippen LogP contribution in [0.5, 0.6) is 5.75 Å². The molecule has 9 nitrogen and oxygen atoms in total. The summed E-state index contributed by atoms with van der Waals surface area (Å²) in [6.45, 7) is 0.632. The fourth-order valence-electron chi connectivity index (χ4n) is 4.06. The van der Waals surface area contributed by atoms with Gasteiger partial charge in [-0.05, 0) is 53.6 Å². The Hall–Kier alpha value is -3.63. The van der Waals surface area contributed by atoms with E-state index in [0.29, 0.717) is 41.3 Å². The van der Waals surface area contributed by atoms with Crippen molar-refractivity contribution in [3.63, 3.8) is 0 Å². The van der Waals surface area contributed by atoms with Crippen molar-refractivity contribution in [2.45, 2.75) is 23.9 Å². The molecule has 0 aliphatic carbocycles. The molecule has 1 fully saturated rings. The number of methoxy groups -OCH3 is 1. The Morgan fingerprint density at radius 3 is 2.79 bits per heavy atom. The predicted octanol–water partition coefficient (Wildman–Crippen LogP) is 2.65. The zero-order valence-electron chi connectivity index (χ0n) is 17.8. The van der Waals surface area contributed by atoms with Crippen molar-refractivity contribution in [3.05, 3.63) is 60.5 Å². The van der Waals surface area contributed by atoms with E-state index in [1.54, 1.807) is 48.5 Å². The van der Waals surface area contributed by atoms with Crippen molar-refractivity contribution in [2.24, 2.45) is 0 Å². The first-order valence-electron chi connectivity index (χ1n) is 10.4. The van der Waals surface area contributed by atoms with E-state index in [1.807, 2.05) is 12.1 Å². The van der Waals surface area contributed by atoms with Crippen LogP contribution in [0.1, 0.15) is 12.2 Å². The van der Waals surface area contributed by atoms with Gasteiger partial charge in [0.25, 0.3) is 0 Å². The van der Waals surface area contributed by atoms with E-state index >= 15 is 0 Å². The van der Waals surface area contributed by atoms with E-state index in [2.05, 4.69) is 9.71 Å². The van der Waals surface area contributed by atoms with Crippen molar-refractivity contribution >= 4 is 43.5 Å². The minimum atomic E-state index is -3.90. The minimum absolute atomic E-state index is 0.0924. The van der Waals surface area contributed by atoms with Crippen molar-refractivity contribution in [3.8, 4) is 5.75 Å². The third-order valence-corrected chi connectivity index (χ3v) is 7.27. The van der Waals surface area contributed by atoms with E-state index < -0.39 is 16.1 Å². The molecule has 5 rings (SSSR count). The summed E-state index contributed by atoms with van der Waals surface area (Å²) in [7, 11) is -2.34. The van der Waals surface area contributed by atoms with Crippen LogP contribution < -0.4 is 15.2 Å². The number of furan rings is 1. The Labute approximate surface area is 190 Å². The van der Waals surface area contributed by atoms with Crippen LogP contribution in [-0.4, -0.2) is 43.9 Å². The number of sulfonamides is 1. The molecule has 0 bridgehead atoms. The number of hydrogen-bond donors (Lipinski definition) is 2. The Morgan fingerprint density at radius 1 is 1.18 bits per heavy atom. The van der Waals surface area contributed by atoms with Crippen molar-refractivity contribution in [1.82, 2.24) is 14.6 Å². The molecule has 1 aliphatic heterocycles. The number of amides is 1. The van der Waals surface area contributed by atoms with Crippen LogP contribution in [0, 0.1) is 0 Å². The summed E-state index contributed by atoms with van der Waals surface area (Å²) < 4.78 is 39.5. The number of rotatable bonds is 6. The van der Waals surface area contributed by atoms with E-state index in [1.165, 1.54) is 6.07 Å². The summed E-state index contributed by atoms with van der Waals surface area (Å²) in [5.41, 5.74) is 6.46. The lowest BCUT2D eigenvalue weighted by atomic mass is 10.1. The van der Waals surface area contributed by atoms with Crippen molar-refractivity contribution in [2.75, 3.05) is 19.4 Å². The lowest BCUT2D eigenvalue weighted by Gasteiger charge is -2.16. The molecule has 170 valence electrons. The summed E-state index contributed by atoms with van der Waals surface area (Å²) in [6.07, 6.45) is 1.92. The molecule has 0 radical (unpaired) electrons. The first kappa shape index (κ1) is 21.2. The Balaban J connectivity index is 1.32. The number of hydrogen-bond acceptors (Lipinski definition) is 7. The smallest absolute Gasteiger partial charge is 0.241 e. The molecule has 0 spiro atoms. The van der Waals surface area contributed by atoms with Gasteiger partial charge < -0.3 is 19.8 Å². The van der Waals surface area contributed by atoms with Crippen LogP contribution >= 0.6 is 0 Å². The maximum Gasteiger partial charge on any atom is 0.241 e. The molecule has 4 aromatic rings. The quantitative estimate of drug-likeness (QED) is 0.447. The van der Waals surface area contributed by atoms with E-state index in [-0.39, 0.29) is 17.3 Å². The summed E-state index contributed by atoms with van der Waals surface area (Å²) in [5.74, 6) is 1.25. The highest BCUT2D eigenvalue weighted by atomic mass is 32.2. The van der Waals surface area contributed by atoms with Gasteiger partial charge in [0.15, 0.2) is 0 Å².